The molecule has 0 unspecified atom stereocenters. The average Bonchev–Trinajstić information content (AvgIpc) is 2.77. The molecule has 2 atom stereocenters. The van der Waals surface area contributed by atoms with E-state index in [1.165, 1.54) is 11.9 Å². The zero-order valence-corrected chi connectivity index (χ0v) is 18.7. The Morgan fingerprint density at radius 2 is 1.84 bits per heavy atom. The summed E-state index contributed by atoms with van der Waals surface area (Å²) in [6, 6.07) is 12.9. The van der Waals surface area contributed by atoms with Gasteiger partial charge in [-0.15, -0.1) is 0 Å². The van der Waals surface area contributed by atoms with E-state index < -0.39 is 18.2 Å². The topological polar surface area (TPSA) is 91.3 Å². The first-order valence-corrected chi connectivity index (χ1v) is 10.6. The molecule has 0 aromatic heterocycles. The van der Waals surface area contributed by atoms with Gasteiger partial charge in [-0.05, 0) is 36.5 Å². The van der Waals surface area contributed by atoms with Crippen molar-refractivity contribution >= 4 is 11.7 Å². The molecule has 170 valence electrons. The van der Waals surface area contributed by atoms with E-state index in [9.17, 15) is 15.0 Å². The van der Waals surface area contributed by atoms with E-state index in [4.69, 9.17) is 9.47 Å². The minimum absolute atomic E-state index is 0.382. The third-order valence-electron chi connectivity index (χ3n) is 5.11. The molecular formula is C24H34N2O5. The average molecular weight is 431 g/mol. The Bertz CT molecular complexity index is 813. The largest absolute Gasteiger partial charge is 0.493 e. The van der Waals surface area contributed by atoms with Crippen LogP contribution in [0.5, 0.6) is 11.5 Å². The van der Waals surface area contributed by atoms with Crippen molar-refractivity contribution < 1.29 is 24.5 Å². The molecule has 0 aliphatic carbocycles. The van der Waals surface area contributed by atoms with Gasteiger partial charge in [0.1, 0.15) is 6.10 Å². The molecular weight excluding hydrogens is 396 g/mol. The molecule has 0 spiro atoms. The van der Waals surface area contributed by atoms with E-state index in [2.05, 4.69) is 19.2 Å². The van der Waals surface area contributed by atoms with Gasteiger partial charge in [0.2, 0.25) is 0 Å². The number of benzene rings is 2. The molecule has 0 heterocycles. The van der Waals surface area contributed by atoms with Crippen LogP contribution in [0.15, 0.2) is 48.5 Å². The summed E-state index contributed by atoms with van der Waals surface area (Å²) in [6.07, 6.45) is 0.976. The smallest absolute Gasteiger partial charge is 0.322 e. The van der Waals surface area contributed by atoms with Crippen molar-refractivity contribution in [2.75, 3.05) is 32.7 Å². The van der Waals surface area contributed by atoms with E-state index in [0.29, 0.717) is 35.3 Å². The molecule has 0 bridgehead atoms. The number of ether oxygens (including phenoxy) is 2. The van der Waals surface area contributed by atoms with Crippen molar-refractivity contribution in [1.82, 2.24) is 4.90 Å². The number of nitrogens with one attached hydrogen (secondary N) is 1. The molecule has 2 aromatic carbocycles. The van der Waals surface area contributed by atoms with Gasteiger partial charge in [0.15, 0.2) is 11.5 Å². The van der Waals surface area contributed by atoms with Crippen LogP contribution in [0, 0.1) is 5.92 Å². The molecule has 7 heteroatoms. The van der Waals surface area contributed by atoms with Crippen molar-refractivity contribution in [3.05, 3.63) is 54.1 Å². The van der Waals surface area contributed by atoms with Crippen molar-refractivity contribution in [3.8, 4) is 11.5 Å². The fourth-order valence-electron chi connectivity index (χ4n) is 3.21. The summed E-state index contributed by atoms with van der Waals surface area (Å²) in [5.74, 6) is 1.75. The molecule has 3 N–H and O–H groups in total. The zero-order chi connectivity index (χ0) is 22.8. The van der Waals surface area contributed by atoms with Gasteiger partial charge >= 0.3 is 6.03 Å². The minimum atomic E-state index is -1.02. The number of hydrogen-bond acceptors (Lipinski definition) is 5. The second kappa shape index (κ2) is 12.2. The van der Waals surface area contributed by atoms with Gasteiger partial charge in [-0.1, -0.05) is 44.2 Å². The minimum Gasteiger partial charge on any atom is -0.493 e. The summed E-state index contributed by atoms with van der Waals surface area (Å²) in [5, 5.41) is 23.2. The number of aliphatic hydroxyl groups is 2. The van der Waals surface area contributed by atoms with Gasteiger partial charge in [-0.2, -0.15) is 0 Å². The second-order valence-corrected chi connectivity index (χ2v) is 7.90. The number of aliphatic hydroxyl groups excluding tert-OH is 2. The van der Waals surface area contributed by atoms with E-state index in [1.54, 1.807) is 49.6 Å². The van der Waals surface area contributed by atoms with Crippen LogP contribution in [0.1, 0.15) is 38.4 Å². The summed E-state index contributed by atoms with van der Waals surface area (Å²) < 4.78 is 11.2. The first-order chi connectivity index (χ1) is 14.9. The molecule has 2 amide bonds. The maximum absolute atomic E-state index is 12.8. The molecule has 31 heavy (non-hydrogen) atoms. The number of methoxy groups -OCH3 is 1. The molecule has 0 fully saturated rings. The van der Waals surface area contributed by atoms with Crippen LogP contribution in [0.2, 0.25) is 0 Å². The summed E-state index contributed by atoms with van der Waals surface area (Å²) >= 11 is 0. The standard InChI is InChI=1S/C24H34N2O5/c1-17(2)9-8-14-31-22-15-19(12-13-21(22)30-4)25-24(29)26(3)20(16-27)23(28)18-10-6-5-7-11-18/h5-7,10-13,15,17,20,23,27-28H,8-9,14,16H2,1-4H3,(H,25,29)/t20-,23-/m1/s1. The van der Waals surface area contributed by atoms with Gasteiger partial charge in [-0.3, -0.25) is 0 Å². The van der Waals surface area contributed by atoms with Gasteiger partial charge < -0.3 is 29.9 Å². The highest BCUT2D eigenvalue weighted by molar-refractivity contribution is 5.89. The van der Waals surface area contributed by atoms with Crippen LogP contribution in [-0.4, -0.2) is 54.6 Å². The number of urea groups is 1. The SMILES string of the molecule is COc1ccc(NC(=O)N(C)[C@H](CO)[C@H](O)c2ccccc2)cc1OCCCC(C)C. The quantitative estimate of drug-likeness (QED) is 0.468. The molecule has 0 saturated heterocycles. The Labute approximate surface area is 184 Å². The maximum Gasteiger partial charge on any atom is 0.322 e. The number of amides is 2. The van der Waals surface area contributed by atoms with Crippen LogP contribution in [0.3, 0.4) is 0 Å². The third-order valence-corrected chi connectivity index (χ3v) is 5.11. The highest BCUT2D eigenvalue weighted by Crippen LogP contribution is 2.31. The van der Waals surface area contributed by atoms with Crippen molar-refractivity contribution in [1.29, 1.82) is 0 Å². The number of likely N-dealkylation sites (N-methyl/N-ethyl adjacent to an activating group) is 1. The molecule has 0 radical (unpaired) electrons. The van der Waals surface area contributed by atoms with Gasteiger partial charge in [-0.25, -0.2) is 4.79 Å². The number of hydrogen-bond donors (Lipinski definition) is 3. The maximum atomic E-state index is 12.8. The van der Waals surface area contributed by atoms with Crippen molar-refractivity contribution in [3.63, 3.8) is 0 Å². The Balaban J connectivity index is 2.06. The first kappa shape index (κ1) is 24.5. The first-order valence-electron chi connectivity index (χ1n) is 10.6. The summed E-state index contributed by atoms with van der Waals surface area (Å²) in [5.41, 5.74) is 1.16. The van der Waals surface area contributed by atoms with Crippen LogP contribution < -0.4 is 14.8 Å². The Morgan fingerprint density at radius 3 is 2.45 bits per heavy atom. The molecule has 2 rings (SSSR count). The van der Waals surface area contributed by atoms with E-state index in [1.807, 2.05) is 6.07 Å². The molecule has 0 saturated carbocycles. The Kier molecular flexibility index (Phi) is 9.62. The van der Waals surface area contributed by atoms with Crippen LogP contribution in [0.25, 0.3) is 0 Å². The number of carbonyl (C=O) groups excluding carboxylic acids is 1. The van der Waals surface area contributed by atoms with Crippen molar-refractivity contribution in [2.45, 2.75) is 38.8 Å². The molecule has 0 aliphatic rings. The van der Waals surface area contributed by atoms with Crippen LogP contribution in [-0.2, 0) is 0 Å². The lowest BCUT2D eigenvalue weighted by Crippen LogP contribution is -2.45. The van der Waals surface area contributed by atoms with Gasteiger partial charge in [0.05, 0.1) is 26.4 Å². The normalized spacial score (nSPS) is 12.9. The predicted molar refractivity (Wildman–Crippen MR) is 122 cm³/mol. The van der Waals surface area contributed by atoms with Crippen molar-refractivity contribution in [2.24, 2.45) is 5.92 Å². The Hall–Kier alpha value is -2.77. The lowest BCUT2D eigenvalue weighted by Gasteiger charge is -2.31. The van der Waals surface area contributed by atoms with E-state index in [-0.39, 0.29) is 6.61 Å². The highest BCUT2D eigenvalue weighted by atomic mass is 16.5. The van der Waals surface area contributed by atoms with Crippen LogP contribution >= 0.6 is 0 Å². The number of nitrogens with zero attached hydrogens (tertiary/aromatic N) is 1. The summed E-state index contributed by atoms with van der Waals surface area (Å²) in [6.45, 7) is 4.51. The van der Waals surface area contributed by atoms with E-state index in [0.717, 1.165) is 12.8 Å². The molecule has 0 aliphatic heterocycles. The molecule has 2 aromatic rings. The second-order valence-electron chi connectivity index (χ2n) is 7.90. The predicted octanol–water partition coefficient (Wildman–Crippen LogP) is 4.07. The van der Waals surface area contributed by atoms with Gasteiger partial charge in [0.25, 0.3) is 0 Å². The summed E-state index contributed by atoms with van der Waals surface area (Å²) in [7, 11) is 3.11. The van der Waals surface area contributed by atoms with Gasteiger partial charge in [0, 0.05) is 18.8 Å². The zero-order valence-electron chi connectivity index (χ0n) is 18.7. The molecule has 7 nitrogen and oxygen atoms in total. The monoisotopic (exact) mass is 430 g/mol. The van der Waals surface area contributed by atoms with E-state index >= 15 is 0 Å². The highest BCUT2D eigenvalue weighted by Gasteiger charge is 2.27. The summed E-state index contributed by atoms with van der Waals surface area (Å²) in [4.78, 5) is 14.1. The fraction of sp³-hybridized carbons (Fsp3) is 0.458. The lowest BCUT2D eigenvalue weighted by atomic mass is 10.0. The number of rotatable bonds is 11. The number of carbonyl (C=O) groups is 1. The lowest BCUT2D eigenvalue weighted by molar-refractivity contribution is 0.0452. The van der Waals surface area contributed by atoms with Crippen LogP contribution in [0.4, 0.5) is 10.5 Å². The third kappa shape index (κ3) is 7.15. The number of anilines is 1. The Morgan fingerprint density at radius 1 is 1.13 bits per heavy atom. The fourth-order valence-corrected chi connectivity index (χ4v) is 3.21.